The molecule has 0 saturated carbocycles. The number of hydrogen-bond acceptors (Lipinski definition) is 9. The molecule has 0 aliphatic rings. The minimum atomic E-state index is -4.38. The van der Waals surface area contributed by atoms with Gasteiger partial charge in [-0.05, 0) is 45.4 Å². The van der Waals surface area contributed by atoms with Crippen LogP contribution in [0.3, 0.4) is 0 Å². The molecule has 2 aromatic carbocycles. The second kappa shape index (κ2) is 9.40. The number of sulfonamides is 1. The van der Waals surface area contributed by atoms with Gasteiger partial charge in [0.25, 0.3) is 0 Å². The van der Waals surface area contributed by atoms with Crippen LogP contribution in [0.1, 0.15) is 0 Å². The highest BCUT2D eigenvalue weighted by atomic mass is 32.2. The fraction of sp³-hybridized carbons (Fsp3) is 0.176. The average Bonchev–Trinajstić information content (AvgIpc) is 3.27. The summed E-state index contributed by atoms with van der Waals surface area (Å²) in [6, 6.07) is 8.11. The lowest BCUT2D eigenvalue weighted by Crippen LogP contribution is -2.22. The number of tetrazole rings is 1. The summed E-state index contributed by atoms with van der Waals surface area (Å²) < 4.78 is 38.0. The quantitative estimate of drug-likeness (QED) is 0.211. The van der Waals surface area contributed by atoms with Crippen molar-refractivity contribution in [1.82, 2.24) is 20.6 Å². The molecule has 3 aromatic rings. The zero-order valence-corrected chi connectivity index (χ0v) is 18.0. The van der Waals surface area contributed by atoms with Gasteiger partial charge < -0.3 is 20.9 Å². The van der Waals surface area contributed by atoms with Crippen molar-refractivity contribution in [2.45, 2.75) is 9.79 Å². The highest BCUT2D eigenvalue weighted by molar-refractivity contribution is 7.93. The Bertz CT molecular complexity index is 1190. The number of hydrogen-bond donors (Lipinski definition) is 5. The molecule has 0 aliphatic heterocycles. The number of primary sulfonamides is 1. The molecular weight excluding hydrogens is 444 g/mol. The minimum Gasteiger partial charge on any atom is -0.611 e. The Labute approximate surface area is 181 Å². The number of carbonyl (C=O) groups excluding carboxylic acids is 1. The molecule has 0 bridgehead atoms. The predicted molar refractivity (Wildman–Crippen MR) is 116 cm³/mol. The van der Waals surface area contributed by atoms with Crippen molar-refractivity contribution in [1.29, 1.82) is 0 Å². The maximum atomic E-state index is 12.7. The highest BCUT2D eigenvalue weighted by Crippen LogP contribution is 2.43. The second-order valence-electron chi connectivity index (χ2n) is 6.19. The number of carbonyl (C=O) groups is 1. The third-order valence-corrected chi connectivity index (χ3v) is 6.92. The van der Waals surface area contributed by atoms with E-state index in [0.29, 0.717) is 28.9 Å². The van der Waals surface area contributed by atoms with Gasteiger partial charge in [0.2, 0.25) is 16.4 Å². The average molecular weight is 465 g/mol. The van der Waals surface area contributed by atoms with Crippen LogP contribution in [0.4, 0.5) is 11.4 Å². The lowest BCUT2D eigenvalue weighted by Gasteiger charge is -2.20. The van der Waals surface area contributed by atoms with Gasteiger partial charge in [0.05, 0.1) is 16.9 Å². The summed E-state index contributed by atoms with van der Waals surface area (Å²) in [5.41, 5.74) is 7.31. The first kappa shape index (κ1) is 22.6. The smallest absolute Gasteiger partial charge is 0.243 e. The first-order chi connectivity index (χ1) is 14.8. The van der Waals surface area contributed by atoms with Crippen LogP contribution < -0.4 is 21.5 Å². The largest absolute Gasteiger partial charge is 0.611 e. The number of rotatable bonds is 9. The summed E-state index contributed by atoms with van der Waals surface area (Å²) >= 11 is -1.74. The summed E-state index contributed by atoms with van der Waals surface area (Å²) in [6.45, 7) is 0.0786. The maximum absolute atomic E-state index is 12.7. The molecule has 1 atom stereocenters. The van der Waals surface area contributed by atoms with Gasteiger partial charge in [-0.15, -0.1) is 5.10 Å². The Kier molecular flexibility index (Phi) is 6.87. The molecule has 0 aliphatic carbocycles. The number of aromatic amines is 1. The minimum absolute atomic E-state index is 0.00228. The Morgan fingerprint density at radius 1 is 1.26 bits per heavy atom. The van der Waals surface area contributed by atoms with E-state index in [2.05, 4.69) is 31.3 Å². The molecule has 1 heterocycles. The molecule has 1 amide bonds. The van der Waals surface area contributed by atoms with Gasteiger partial charge >= 0.3 is 0 Å². The lowest BCUT2D eigenvalue weighted by atomic mass is 9.96. The fourth-order valence-corrected chi connectivity index (χ4v) is 5.60. The molecule has 1 aromatic heterocycles. The number of nitrogens with zero attached hydrogens (tertiary/aromatic N) is 3. The Morgan fingerprint density at radius 3 is 2.61 bits per heavy atom. The van der Waals surface area contributed by atoms with Gasteiger partial charge in [-0.3, -0.25) is 4.79 Å². The third kappa shape index (κ3) is 4.52. The summed E-state index contributed by atoms with van der Waals surface area (Å²) in [7, 11) is -2.71. The zero-order valence-electron chi connectivity index (χ0n) is 16.3. The number of anilines is 2. The van der Waals surface area contributed by atoms with Crippen LogP contribution in [0.5, 0.6) is 0 Å². The van der Waals surface area contributed by atoms with E-state index in [-0.39, 0.29) is 33.5 Å². The van der Waals surface area contributed by atoms with Crippen LogP contribution in [0.2, 0.25) is 0 Å². The molecule has 1 unspecified atom stereocenters. The second-order valence-corrected chi connectivity index (χ2v) is 9.23. The van der Waals surface area contributed by atoms with E-state index < -0.39 is 21.2 Å². The molecule has 12 nitrogen and oxygen atoms in total. The van der Waals surface area contributed by atoms with Crippen LogP contribution >= 0.6 is 0 Å². The standard InChI is InChI=1S/C17H20N8O4S2/c1-20-12-4-2-3-11(15(12)21-9-26)10-5-6-13(30(27)8-7-18)16(31(19,28)29)14(10)17-22-24-25-23-17/h2-6,9,20H,7-8,18H2,1H3,(H,21,26)(H2,19,28,29)(H,22,23,24,25). The van der Waals surface area contributed by atoms with Crippen molar-refractivity contribution in [2.75, 3.05) is 30.0 Å². The van der Waals surface area contributed by atoms with Gasteiger partial charge in [0, 0.05) is 19.2 Å². The van der Waals surface area contributed by atoms with Gasteiger partial charge in [-0.2, -0.15) is 0 Å². The molecule has 0 spiro atoms. The summed E-state index contributed by atoms with van der Waals surface area (Å²) in [4.78, 5) is 10.8. The first-order valence-corrected chi connectivity index (χ1v) is 11.7. The fourth-order valence-electron chi connectivity index (χ4n) is 3.17. The topological polar surface area (TPSA) is 205 Å². The number of para-hydroxylation sites is 1. The first-order valence-electron chi connectivity index (χ1n) is 8.87. The van der Waals surface area contributed by atoms with E-state index in [1.54, 1.807) is 31.3 Å². The Hall–Kier alpha value is -3.04. The molecule has 0 radical (unpaired) electrons. The molecule has 0 saturated heterocycles. The SMILES string of the molecule is CNc1cccc(-c2ccc([S+]([O-])CCN)c(S(N)(=O)=O)c2-c2nnn[nH]2)c1NC=O. The molecule has 164 valence electrons. The van der Waals surface area contributed by atoms with Crippen LogP contribution in [0.25, 0.3) is 22.5 Å². The van der Waals surface area contributed by atoms with Crippen LogP contribution in [-0.4, -0.2) is 59.4 Å². The van der Waals surface area contributed by atoms with Crippen LogP contribution in [0.15, 0.2) is 40.1 Å². The lowest BCUT2D eigenvalue weighted by molar-refractivity contribution is -0.105. The van der Waals surface area contributed by atoms with E-state index in [0.717, 1.165) is 0 Å². The third-order valence-electron chi connectivity index (χ3n) is 4.36. The normalized spacial score (nSPS) is 12.4. The van der Waals surface area contributed by atoms with E-state index in [1.165, 1.54) is 6.07 Å². The van der Waals surface area contributed by atoms with Crippen molar-refractivity contribution in [3.8, 4) is 22.5 Å². The molecule has 31 heavy (non-hydrogen) atoms. The summed E-state index contributed by atoms with van der Waals surface area (Å²) in [5, 5.41) is 24.5. The Balaban J connectivity index is 2.45. The van der Waals surface area contributed by atoms with E-state index in [1.807, 2.05) is 0 Å². The van der Waals surface area contributed by atoms with E-state index >= 15 is 0 Å². The predicted octanol–water partition coefficient (Wildman–Crippen LogP) is -0.143. The van der Waals surface area contributed by atoms with Crippen molar-refractivity contribution in [3.05, 3.63) is 30.3 Å². The van der Waals surface area contributed by atoms with E-state index in [9.17, 15) is 17.8 Å². The number of aromatic nitrogens is 4. The monoisotopic (exact) mass is 464 g/mol. The van der Waals surface area contributed by atoms with Gasteiger partial charge in [0.1, 0.15) is 10.6 Å². The van der Waals surface area contributed by atoms with Crippen LogP contribution in [-0.2, 0) is 26.0 Å². The molecule has 14 heteroatoms. The van der Waals surface area contributed by atoms with Crippen molar-refractivity contribution >= 4 is 39.0 Å². The van der Waals surface area contributed by atoms with E-state index in [4.69, 9.17) is 10.9 Å². The maximum Gasteiger partial charge on any atom is 0.243 e. The van der Waals surface area contributed by atoms with Crippen LogP contribution in [0, 0.1) is 0 Å². The number of amides is 1. The summed E-state index contributed by atoms with van der Waals surface area (Å²) in [5.74, 6) is 0.0286. The number of H-pyrrole nitrogens is 1. The molecular formula is C17H20N8O4S2. The van der Waals surface area contributed by atoms with Gasteiger partial charge in [-0.1, -0.05) is 12.1 Å². The highest BCUT2D eigenvalue weighted by Gasteiger charge is 2.32. The number of nitrogens with two attached hydrogens (primary N) is 2. The van der Waals surface area contributed by atoms with Crippen molar-refractivity contribution in [2.24, 2.45) is 10.9 Å². The zero-order chi connectivity index (χ0) is 22.6. The number of nitrogens with one attached hydrogen (secondary N) is 3. The number of benzene rings is 2. The molecule has 0 fully saturated rings. The van der Waals surface area contributed by atoms with Crippen molar-refractivity contribution < 1.29 is 17.8 Å². The molecule has 7 N–H and O–H groups in total. The molecule has 3 rings (SSSR count). The van der Waals surface area contributed by atoms with Gasteiger partial charge in [0.15, 0.2) is 10.7 Å². The Morgan fingerprint density at radius 2 is 2.03 bits per heavy atom. The summed E-state index contributed by atoms with van der Waals surface area (Å²) in [6.07, 6.45) is 0.501. The van der Waals surface area contributed by atoms with Gasteiger partial charge in [-0.25, -0.2) is 18.7 Å². The van der Waals surface area contributed by atoms with Crippen molar-refractivity contribution in [3.63, 3.8) is 0 Å².